The fraction of sp³-hybridized carbons (Fsp3) is 0.310. The van der Waals surface area contributed by atoms with Gasteiger partial charge in [0.25, 0.3) is 0 Å². The Morgan fingerprint density at radius 1 is 1.12 bits per heavy atom. The SMILES string of the molecule is C=NN(C)C.Cc1cc(N(C)c2c(C)cccc2N(C=O)CC(=O)NCC(F)(F)F)cnc1-c1cncc2c1cnn2C. The molecule has 43 heavy (non-hydrogen) atoms. The van der Waals surface area contributed by atoms with E-state index in [0.717, 1.165) is 38.2 Å². The second-order valence-corrected chi connectivity index (χ2v) is 9.86. The van der Waals surface area contributed by atoms with Crippen molar-refractivity contribution in [3.8, 4) is 11.3 Å². The molecule has 0 atom stereocenters. The summed E-state index contributed by atoms with van der Waals surface area (Å²) in [6.07, 6.45) is 2.82. The zero-order valence-electron chi connectivity index (χ0n) is 24.8. The van der Waals surface area contributed by atoms with Crippen molar-refractivity contribution in [1.29, 1.82) is 0 Å². The summed E-state index contributed by atoms with van der Waals surface area (Å²) in [4.78, 5) is 36.0. The lowest BCUT2D eigenvalue weighted by atomic mass is 10.0. The number of fused-ring (bicyclic) bond motifs is 1. The number of benzene rings is 1. The molecule has 4 rings (SSSR count). The monoisotopic (exact) mass is 597 g/mol. The van der Waals surface area contributed by atoms with E-state index in [0.29, 0.717) is 23.5 Å². The van der Waals surface area contributed by atoms with Gasteiger partial charge in [-0.3, -0.25) is 24.2 Å². The van der Waals surface area contributed by atoms with Gasteiger partial charge in [-0.2, -0.15) is 23.4 Å². The van der Waals surface area contributed by atoms with Gasteiger partial charge in [0.1, 0.15) is 13.1 Å². The van der Waals surface area contributed by atoms with Crippen molar-refractivity contribution in [2.45, 2.75) is 20.0 Å². The summed E-state index contributed by atoms with van der Waals surface area (Å²) in [5.41, 5.74) is 5.82. The van der Waals surface area contributed by atoms with Crippen LogP contribution in [0.4, 0.5) is 30.2 Å². The van der Waals surface area contributed by atoms with Crippen molar-refractivity contribution in [2.24, 2.45) is 12.1 Å². The van der Waals surface area contributed by atoms with E-state index < -0.39 is 25.2 Å². The van der Waals surface area contributed by atoms with E-state index >= 15 is 0 Å². The summed E-state index contributed by atoms with van der Waals surface area (Å²) in [7, 11) is 7.28. The van der Waals surface area contributed by atoms with Crippen molar-refractivity contribution in [2.75, 3.05) is 44.0 Å². The Labute approximate surface area is 247 Å². The lowest BCUT2D eigenvalue weighted by Gasteiger charge is -2.28. The number of rotatable bonds is 9. The van der Waals surface area contributed by atoms with Crippen LogP contribution in [0.15, 0.2) is 54.2 Å². The van der Waals surface area contributed by atoms with Gasteiger partial charge >= 0.3 is 6.18 Å². The fourth-order valence-corrected chi connectivity index (χ4v) is 4.30. The Kier molecular flexibility index (Phi) is 10.4. The topological polar surface area (TPSA) is 112 Å². The smallest absolute Gasteiger partial charge is 0.345 e. The predicted molar refractivity (Wildman–Crippen MR) is 161 cm³/mol. The van der Waals surface area contributed by atoms with Crippen molar-refractivity contribution in [1.82, 2.24) is 30.1 Å². The van der Waals surface area contributed by atoms with E-state index in [2.05, 4.69) is 21.9 Å². The number of hydrogen-bond acceptors (Lipinski definition) is 8. The van der Waals surface area contributed by atoms with Gasteiger partial charge in [-0.15, -0.1) is 0 Å². The van der Waals surface area contributed by atoms with E-state index in [1.807, 2.05) is 52.0 Å². The molecule has 0 bridgehead atoms. The molecular weight excluding hydrogens is 563 g/mol. The standard InChI is InChI=1S/C26H26F3N7O2.C3H8N2/c1-16-6-5-7-21(36(15-37)13-23(38)32-14-26(27,28)29)25(16)34(3)18-8-17(2)24(31-9-18)20-10-30-12-22-19(20)11-33-35(22)4;1-4-5(2)3/h5-12,15H,13-14H2,1-4H3,(H,32,38);1H2,2-3H3. The summed E-state index contributed by atoms with van der Waals surface area (Å²) in [5, 5.41) is 12.1. The molecule has 4 aromatic rings. The number of nitrogens with one attached hydrogen (secondary N) is 1. The average Bonchev–Trinajstić information content (AvgIpc) is 3.35. The molecule has 0 spiro atoms. The number of halogens is 3. The van der Waals surface area contributed by atoms with Gasteiger partial charge in [0.2, 0.25) is 12.3 Å². The molecule has 0 saturated heterocycles. The highest BCUT2D eigenvalue weighted by atomic mass is 19.4. The van der Waals surface area contributed by atoms with E-state index in [-0.39, 0.29) is 0 Å². The number of pyridine rings is 2. The Morgan fingerprint density at radius 3 is 2.42 bits per heavy atom. The van der Waals surface area contributed by atoms with Gasteiger partial charge in [0.05, 0.1) is 46.9 Å². The number of aromatic nitrogens is 4. The predicted octanol–water partition coefficient (Wildman–Crippen LogP) is 4.22. The number of amides is 2. The van der Waals surface area contributed by atoms with Crippen LogP contribution in [-0.4, -0.2) is 84.2 Å². The number of para-hydroxylation sites is 1. The Hall–Kier alpha value is -5.01. The largest absolute Gasteiger partial charge is 0.405 e. The minimum absolute atomic E-state index is 0.371. The normalized spacial score (nSPS) is 10.9. The van der Waals surface area contributed by atoms with Crippen molar-refractivity contribution in [3.63, 3.8) is 0 Å². The van der Waals surface area contributed by atoms with E-state index in [1.165, 1.54) is 0 Å². The second-order valence-electron chi connectivity index (χ2n) is 9.86. The first-order valence-corrected chi connectivity index (χ1v) is 13.0. The number of carbonyl (C=O) groups is 2. The molecule has 3 heterocycles. The molecule has 3 aromatic heterocycles. The molecule has 0 aliphatic heterocycles. The third-order valence-electron chi connectivity index (χ3n) is 6.45. The van der Waals surface area contributed by atoms with Crippen LogP contribution in [-0.2, 0) is 16.6 Å². The molecule has 0 saturated carbocycles. The molecule has 11 nitrogen and oxygen atoms in total. The molecule has 0 aliphatic carbocycles. The number of alkyl halides is 3. The fourth-order valence-electron chi connectivity index (χ4n) is 4.30. The summed E-state index contributed by atoms with van der Waals surface area (Å²) in [6, 6.07) is 7.12. The highest BCUT2D eigenvalue weighted by Crippen LogP contribution is 2.37. The summed E-state index contributed by atoms with van der Waals surface area (Å²) >= 11 is 0. The first-order chi connectivity index (χ1) is 20.3. The van der Waals surface area contributed by atoms with Crippen LogP contribution < -0.4 is 15.1 Å². The van der Waals surface area contributed by atoms with Gasteiger partial charge in [-0.1, -0.05) is 12.1 Å². The van der Waals surface area contributed by atoms with Crippen LogP contribution in [0.1, 0.15) is 11.1 Å². The van der Waals surface area contributed by atoms with Gasteiger partial charge in [0, 0.05) is 52.1 Å². The Morgan fingerprint density at radius 2 is 1.81 bits per heavy atom. The Bertz CT molecular complexity index is 1600. The quantitative estimate of drug-likeness (QED) is 0.175. The number of anilines is 3. The van der Waals surface area contributed by atoms with Crippen molar-refractivity contribution in [3.05, 3.63) is 60.2 Å². The molecular formula is C29H34F3N9O2. The molecule has 2 amide bonds. The number of hydrogen-bond donors (Lipinski definition) is 1. The third-order valence-corrected chi connectivity index (χ3v) is 6.45. The maximum Gasteiger partial charge on any atom is 0.405 e. The van der Waals surface area contributed by atoms with Gasteiger partial charge in [0.15, 0.2) is 0 Å². The average molecular weight is 598 g/mol. The Balaban J connectivity index is 0.000000934. The van der Waals surface area contributed by atoms with Gasteiger partial charge < -0.3 is 20.1 Å². The maximum atomic E-state index is 12.5. The second kappa shape index (κ2) is 13.8. The maximum absolute atomic E-state index is 12.5. The number of carbonyl (C=O) groups excluding carboxylic acids is 2. The highest BCUT2D eigenvalue weighted by Gasteiger charge is 2.28. The number of hydrazone groups is 1. The molecule has 0 unspecified atom stereocenters. The van der Waals surface area contributed by atoms with Crippen LogP contribution in [0.2, 0.25) is 0 Å². The molecule has 14 heteroatoms. The molecule has 0 radical (unpaired) electrons. The minimum atomic E-state index is -4.55. The summed E-state index contributed by atoms with van der Waals surface area (Å²) in [6.45, 7) is 4.96. The lowest BCUT2D eigenvalue weighted by molar-refractivity contribution is -0.137. The first kappa shape index (κ1) is 32.5. The molecule has 1 aromatic carbocycles. The molecule has 0 aliphatic rings. The van der Waals surface area contributed by atoms with E-state index in [1.54, 1.807) is 59.0 Å². The summed E-state index contributed by atoms with van der Waals surface area (Å²) < 4.78 is 39.2. The van der Waals surface area contributed by atoms with E-state index in [9.17, 15) is 22.8 Å². The van der Waals surface area contributed by atoms with E-state index in [4.69, 9.17) is 4.98 Å². The lowest BCUT2D eigenvalue weighted by Crippen LogP contribution is -2.41. The minimum Gasteiger partial charge on any atom is -0.345 e. The third kappa shape index (κ3) is 8.05. The van der Waals surface area contributed by atoms with Crippen LogP contribution in [0, 0.1) is 13.8 Å². The van der Waals surface area contributed by atoms with Crippen molar-refractivity contribution < 1.29 is 22.8 Å². The first-order valence-electron chi connectivity index (χ1n) is 13.0. The number of aryl methyl sites for hydroxylation is 3. The zero-order chi connectivity index (χ0) is 31.9. The van der Waals surface area contributed by atoms with Crippen LogP contribution >= 0.6 is 0 Å². The summed E-state index contributed by atoms with van der Waals surface area (Å²) in [5.74, 6) is -0.926. The number of nitrogens with zero attached hydrogens (tertiary/aromatic N) is 8. The van der Waals surface area contributed by atoms with Crippen LogP contribution in [0.25, 0.3) is 22.2 Å². The van der Waals surface area contributed by atoms with Gasteiger partial charge in [-0.05, 0) is 37.1 Å². The molecule has 0 fully saturated rings. The zero-order valence-corrected chi connectivity index (χ0v) is 24.8. The highest BCUT2D eigenvalue weighted by molar-refractivity contribution is 5.95. The van der Waals surface area contributed by atoms with Gasteiger partial charge in [-0.25, -0.2) is 0 Å². The van der Waals surface area contributed by atoms with Crippen LogP contribution in [0.5, 0.6) is 0 Å². The molecule has 1 N–H and O–H groups in total. The van der Waals surface area contributed by atoms with Crippen molar-refractivity contribution >= 4 is 47.0 Å². The van der Waals surface area contributed by atoms with Crippen LogP contribution in [0.3, 0.4) is 0 Å². The molecule has 228 valence electrons.